The van der Waals surface area contributed by atoms with Crippen LogP contribution in [-0.4, -0.2) is 21.7 Å². The Morgan fingerprint density at radius 3 is 2.53 bits per heavy atom. The highest BCUT2D eigenvalue weighted by atomic mass is 32.2. The summed E-state index contributed by atoms with van der Waals surface area (Å²) in [6.07, 6.45) is 1.81. The van der Waals surface area contributed by atoms with Gasteiger partial charge < -0.3 is 9.47 Å². The van der Waals surface area contributed by atoms with E-state index in [2.05, 4.69) is 0 Å². The Morgan fingerprint density at radius 1 is 1.00 bits per heavy atom. The largest absolute Gasteiger partial charge is 0.490 e. The number of thiocarbonyl (C=S) groups is 1. The molecule has 4 rings (SSSR count). The zero-order chi connectivity index (χ0) is 24.1. The molecule has 3 aromatic rings. The maximum atomic E-state index is 13.4. The molecule has 0 unspecified atom stereocenters. The lowest BCUT2D eigenvalue weighted by Crippen LogP contribution is -2.27. The molecule has 1 fully saturated rings. The molecule has 1 amide bonds. The molecule has 0 bridgehead atoms. The summed E-state index contributed by atoms with van der Waals surface area (Å²) < 4.78 is 25.6. The van der Waals surface area contributed by atoms with Crippen LogP contribution < -0.4 is 9.47 Å². The van der Waals surface area contributed by atoms with Crippen molar-refractivity contribution in [3.8, 4) is 11.5 Å². The van der Waals surface area contributed by atoms with Gasteiger partial charge in [0.1, 0.15) is 16.7 Å². The number of benzene rings is 3. The zero-order valence-corrected chi connectivity index (χ0v) is 20.5. The summed E-state index contributed by atoms with van der Waals surface area (Å²) in [6, 6.07) is 19.8. The highest BCUT2D eigenvalue weighted by molar-refractivity contribution is 8.26. The first-order chi connectivity index (χ1) is 16.4. The highest BCUT2D eigenvalue weighted by Gasteiger charge is 2.32. The molecule has 0 aliphatic carbocycles. The summed E-state index contributed by atoms with van der Waals surface area (Å²) in [5, 5.41) is 0. The second-order valence-corrected chi connectivity index (χ2v) is 9.49. The molecule has 1 heterocycles. The van der Waals surface area contributed by atoms with Crippen LogP contribution >= 0.6 is 24.0 Å². The number of ether oxygens (including phenoxy) is 2. The van der Waals surface area contributed by atoms with Crippen LogP contribution in [0.1, 0.15) is 29.2 Å². The minimum atomic E-state index is -0.304. The number of hydrogen-bond acceptors (Lipinski definition) is 5. The molecule has 3 aromatic carbocycles. The molecule has 0 spiro atoms. The maximum Gasteiger partial charge on any atom is 0.266 e. The average Bonchev–Trinajstić information content (AvgIpc) is 3.07. The van der Waals surface area contributed by atoms with Gasteiger partial charge in [0.2, 0.25) is 0 Å². The molecule has 4 nitrogen and oxygen atoms in total. The van der Waals surface area contributed by atoms with Crippen molar-refractivity contribution < 1.29 is 18.7 Å². The molecule has 174 valence electrons. The Kier molecular flexibility index (Phi) is 7.65. The van der Waals surface area contributed by atoms with E-state index in [1.54, 1.807) is 23.1 Å². The van der Waals surface area contributed by atoms with Gasteiger partial charge in [0.05, 0.1) is 18.1 Å². The molecule has 0 atom stereocenters. The van der Waals surface area contributed by atoms with Crippen LogP contribution in [0.2, 0.25) is 0 Å². The molecule has 1 aliphatic heterocycles. The van der Waals surface area contributed by atoms with Crippen LogP contribution in [0.4, 0.5) is 4.39 Å². The van der Waals surface area contributed by atoms with Gasteiger partial charge in [-0.15, -0.1) is 0 Å². The van der Waals surface area contributed by atoms with Gasteiger partial charge in [0.15, 0.2) is 11.5 Å². The van der Waals surface area contributed by atoms with E-state index in [1.165, 1.54) is 29.5 Å². The van der Waals surface area contributed by atoms with Gasteiger partial charge in [-0.3, -0.25) is 9.69 Å². The summed E-state index contributed by atoms with van der Waals surface area (Å²) in [5.74, 6) is 0.694. The summed E-state index contributed by atoms with van der Waals surface area (Å²) in [6.45, 7) is 5.03. The van der Waals surface area contributed by atoms with Crippen molar-refractivity contribution in [2.24, 2.45) is 0 Å². The minimum Gasteiger partial charge on any atom is -0.490 e. The predicted molar refractivity (Wildman–Crippen MR) is 138 cm³/mol. The molecular formula is C27H24FNO3S2. The number of amides is 1. The second kappa shape index (κ2) is 10.8. The summed E-state index contributed by atoms with van der Waals surface area (Å²) in [5.41, 5.74) is 3.73. The summed E-state index contributed by atoms with van der Waals surface area (Å²) >= 11 is 6.76. The first-order valence-electron chi connectivity index (χ1n) is 10.9. The minimum absolute atomic E-state index is 0.111. The number of carbonyl (C=O) groups excluding carboxylic acids is 1. The topological polar surface area (TPSA) is 38.8 Å². The van der Waals surface area contributed by atoms with Crippen molar-refractivity contribution in [2.45, 2.75) is 27.0 Å². The maximum absolute atomic E-state index is 13.4. The Hall–Kier alpha value is -3.16. The SMILES string of the molecule is CCOc1cc(C=C2SC(=S)N(Cc3ccc(C)cc3)C2=O)ccc1OCc1cccc(F)c1. The third-order valence-electron chi connectivity index (χ3n) is 5.18. The first-order valence-corrected chi connectivity index (χ1v) is 12.1. The van der Waals surface area contributed by atoms with E-state index in [-0.39, 0.29) is 18.3 Å². The zero-order valence-electron chi connectivity index (χ0n) is 18.9. The van der Waals surface area contributed by atoms with Gasteiger partial charge in [-0.05, 0) is 60.9 Å². The molecule has 0 N–H and O–H groups in total. The van der Waals surface area contributed by atoms with Gasteiger partial charge in [-0.2, -0.15) is 0 Å². The fourth-order valence-electron chi connectivity index (χ4n) is 3.45. The first kappa shape index (κ1) is 24.0. The predicted octanol–water partition coefficient (Wildman–Crippen LogP) is 6.51. The van der Waals surface area contributed by atoms with Crippen LogP contribution in [-0.2, 0) is 17.9 Å². The van der Waals surface area contributed by atoms with E-state index >= 15 is 0 Å². The second-order valence-electron chi connectivity index (χ2n) is 7.81. The van der Waals surface area contributed by atoms with E-state index in [1.807, 2.05) is 56.3 Å². The van der Waals surface area contributed by atoms with Crippen molar-refractivity contribution >= 4 is 40.3 Å². The number of halogens is 1. The number of rotatable bonds is 8. The molecule has 1 saturated heterocycles. The highest BCUT2D eigenvalue weighted by Crippen LogP contribution is 2.36. The normalized spacial score (nSPS) is 14.7. The Bertz CT molecular complexity index is 1240. The van der Waals surface area contributed by atoms with E-state index < -0.39 is 0 Å². The van der Waals surface area contributed by atoms with Gasteiger partial charge in [0, 0.05) is 0 Å². The number of hydrogen-bond donors (Lipinski definition) is 0. The van der Waals surface area contributed by atoms with E-state index in [9.17, 15) is 9.18 Å². The van der Waals surface area contributed by atoms with Crippen LogP contribution in [0.25, 0.3) is 6.08 Å². The Morgan fingerprint density at radius 2 is 1.79 bits per heavy atom. The van der Waals surface area contributed by atoms with Crippen LogP contribution in [0, 0.1) is 12.7 Å². The lowest BCUT2D eigenvalue weighted by Gasteiger charge is -2.14. The molecule has 7 heteroatoms. The van der Waals surface area contributed by atoms with Crippen molar-refractivity contribution in [2.75, 3.05) is 6.61 Å². The number of carbonyl (C=O) groups is 1. The number of thioether (sulfide) groups is 1. The molecule has 0 radical (unpaired) electrons. The number of aryl methyl sites for hydroxylation is 1. The summed E-state index contributed by atoms with van der Waals surface area (Å²) in [4.78, 5) is 15.2. The quantitative estimate of drug-likeness (QED) is 0.264. The molecule has 0 aromatic heterocycles. The van der Waals surface area contributed by atoms with Crippen LogP contribution in [0.15, 0.2) is 71.6 Å². The van der Waals surface area contributed by atoms with E-state index in [4.69, 9.17) is 21.7 Å². The molecular weight excluding hydrogens is 469 g/mol. The molecule has 1 aliphatic rings. The standard InChI is InChI=1S/C27H24FNO3S2/c1-3-31-24-14-20(11-12-23(24)32-17-21-5-4-6-22(28)13-21)15-25-26(30)29(27(33)34-25)16-19-9-7-18(2)8-10-19/h4-15H,3,16-17H2,1-2H3. The fourth-order valence-corrected chi connectivity index (χ4v) is 4.71. The summed E-state index contributed by atoms with van der Waals surface area (Å²) in [7, 11) is 0. The molecule has 0 saturated carbocycles. The van der Waals surface area contributed by atoms with E-state index in [0.717, 1.165) is 16.7 Å². The van der Waals surface area contributed by atoms with E-state index in [0.29, 0.717) is 33.9 Å². The van der Waals surface area contributed by atoms with Crippen molar-refractivity contribution in [3.63, 3.8) is 0 Å². The van der Waals surface area contributed by atoms with Gasteiger partial charge in [0.25, 0.3) is 5.91 Å². The lowest BCUT2D eigenvalue weighted by molar-refractivity contribution is -0.122. The van der Waals surface area contributed by atoms with Crippen molar-refractivity contribution in [3.05, 3.63) is 99.7 Å². The van der Waals surface area contributed by atoms with Gasteiger partial charge >= 0.3 is 0 Å². The van der Waals surface area contributed by atoms with Crippen LogP contribution in [0.3, 0.4) is 0 Å². The lowest BCUT2D eigenvalue weighted by atomic mass is 10.1. The van der Waals surface area contributed by atoms with Crippen LogP contribution in [0.5, 0.6) is 11.5 Å². The van der Waals surface area contributed by atoms with Crippen molar-refractivity contribution in [1.82, 2.24) is 4.90 Å². The Labute approximate surface area is 208 Å². The average molecular weight is 494 g/mol. The molecule has 34 heavy (non-hydrogen) atoms. The number of nitrogens with zero attached hydrogens (tertiary/aromatic N) is 1. The third kappa shape index (κ3) is 5.85. The smallest absolute Gasteiger partial charge is 0.266 e. The van der Waals surface area contributed by atoms with Gasteiger partial charge in [-0.25, -0.2) is 4.39 Å². The monoisotopic (exact) mass is 493 g/mol. The third-order valence-corrected chi connectivity index (χ3v) is 6.56. The Balaban J connectivity index is 1.50. The van der Waals surface area contributed by atoms with Crippen molar-refractivity contribution in [1.29, 1.82) is 0 Å². The fraction of sp³-hybridized carbons (Fsp3) is 0.185. The van der Waals surface area contributed by atoms with Gasteiger partial charge in [-0.1, -0.05) is 72.0 Å².